The second kappa shape index (κ2) is 8.81. The normalized spacial score (nSPS) is 13.1. The van der Waals surface area contributed by atoms with E-state index in [1.54, 1.807) is 0 Å². The molecule has 1 atom stereocenters. The highest BCUT2D eigenvalue weighted by atomic mass is 32.2. The Hall–Kier alpha value is -3.08. The van der Waals surface area contributed by atoms with Crippen LogP contribution in [0.2, 0.25) is 0 Å². The number of ether oxygens (including phenoxy) is 1. The minimum absolute atomic E-state index is 0.105. The monoisotopic (exact) mass is 462 g/mol. The van der Waals surface area contributed by atoms with Gasteiger partial charge in [-0.25, -0.2) is 12.8 Å². The van der Waals surface area contributed by atoms with Crippen LogP contribution in [0.3, 0.4) is 0 Å². The fourth-order valence-corrected chi connectivity index (χ4v) is 3.43. The van der Waals surface area contributed by atoms with Gasteiger partial charge in [0.2, 0.25) is 0 Å². The van der Waals surface area contributed by atoms with Crippen molar-refractivity contribution < 1.29 is 27.8 Å². The Kier molecular flexibility index (Phi) is 6.49. The number of aliphatic hydroxyl groups excluding tert-OH is 1. The number of nitrogens with zero attached hydrogens (tertiary/aromatic N) is 2. The Morgan fingerprint density at radius 1 is 1.12 bits per heavy atom. The first-order valence-electron chi connectivity index (χ1n) is 9.60. The van der Waals surface area contributed by atoms with Gasteiger partial charge in [0.05, 0.1) is 22.4 Å². The van der Waals surface area contributed by atoms with Gasteiger partial charge in [-0.3, -0.25) is 4.79 Å². The molecule has 32 heavy (non-hydrogen) atoms. The summed E-state index contributed by atoms with van der Waals surface area (Å²) >= 11 is 0. The quantitative estimate of drug-likeness (QED) is 0.551. The molecular weight excluding hydrogens is 439 g/mol. The topological polar surface area (TPSA) is 119 Å². The van der Waals surface area contributed by atoms with E-state index in [1.807, 2.05) is 0 Å². The summed E-state index contributed by atoms with van der Waals surface area (Å²) in [6.45, 7) is 2.41. The number of hydrogen-bond donors (Lipinski definition) is 2. The van der Waals surface area contributed by atoms with E-state index in [9.17, 15) is 27.8 Å². The largest absolute Gasteiger partial charge is 0.484 e. The standard InChI is InChI=1S/C22H23FN2O6S/c1-22(2,28)19(26)13-31-20-18(14-4-10-17(11-5-14)32(3,29)30)12-24-25(21(20)27)16-8-6-15(23)7-9-16/h4-12,19,26,28H,13H2,1-3H3/t19-/m0/s1. The summed E-state index contributed by atoms with van der Waals surface area (Å²) in [7, 11) is -3.41. The Bertz CT molecular complexity index is 1260. The first-order valence-corrected chi connectivity index (χ1v) is 11.5. The zero-order valence-corrected chi connectivity index (χ0v) is 18.5. The van der Waals surface area contributed by atoms with Gasteiger partial charge < -0.3 is 14.9 Å². The molecule has 8 nitrogen and oxygen atoms in total. The van der Waals surface area contributed by atoms with Crippen molar-refractivity contribution in [2.24, 2.45) is 0 Å². The third-order valence-corrected chi connectivity index (χ3v) is 5.93. The highest BCUT2D eigenvalue weighted by molar-refractivity contribution is 7.90. The molecule has 0 unspecified atom stereocenters. The molecule has 2 N–H and O–H groups in total. The van der Waals surface area contributed by atoms with E-state index in [0.29, 0.717) is 11.3 Å². The third kappa shape index (κ3) is 5.21. The number of benzene rings is 2. The minimum Gasteiger partial charge on any atom is -0.484 e. The second-order valence-electron chi connectivity index (χ2n) is 7.86. The predicted octanol–water partition coefficient (Wildman–Crippen LogP) is 1.95. The number of sulfone groups is 1. The predicted molar refractivity (Wildman–Crippen MR) is 116 cm³/mol. The fourth-order valence-electron chi connectivity index (χ4n) is 2.80. The van der Waals surface area contributed by atoms with Gasteiger partial charge in [0.1, 0.15) is 18.5 Å². The van der Waals surface area contributed by atoms with E-state index in [0.717, 1.165) is 10.9 Å². The number of hydrogen-bond acceptors (Lipinski definition) is 7. The molecule has 170 valence electrons. The first kappa shape index (κ1) is 23.6. The van der Waals surface area contributed by atoms with Crippen LogP contribution in [-0.2, 0) is 9.84 Å². The van der Waals surface area contributed by atoms with Crippen molar-refractivity contribution in [1.82, 2.24) is 9.78 Å². The van der Waals surface area contributed by atoms with Gasteiger partial charge in [0.15, 0.2) is 15.6 Å². The van der Waals surface area contributed by atoms with Gasteiger partial charge in [-0.2, -0.15) is 9.78 Å². The molecule has 3 rings (SSSR count). The van der Waals surface area contributed by atoms with Crippen LogP contribution in [0, 0.1) is 5.82 Å². The Balaban J connectivity index is 2.10. The van der Waals surface area contributed by atoms with Gasteiger partial charge in [-0.1, -0.05) is 12.1 Å². The van der Waals surface area contributed by atoms with Crippen LogP contribution in [-0.4, -0.2) is 53.0 Å². The van der Waals surface area contributed by atoms with Crippen molar-refractivity contribution >= 4 is 9.84 Å². The maximum atomic E-state index is 13.3. The summed E-state index contributed by atoms with van der Waals surface area (Å²) in [5, 5.41) is 24.2. The summed E-state index contributed by atoms with van der Waals surface area (Å²) in [5.74, 6) is -0.645. The Morgan fingerprint density at radius 2 is 1.72 bits per heavy atom. The summed E-state index contributed by atoms with van der Waals surface area (Å²) in [6, 6.07) is 10.9. The molecule has 0 fully saturated rings. The van der Waals surface area contributed by atoms with Crippen LogP contribution in [0.15, 0.2) is 64.4 Å². The molecule has 0 saturated heterocycles. The van der Waals surface area contributed by atoms with Crippen LogP contribution in [0.4, 0.5) is 4.39 Å². The van der Waals surface area contributed by atoms with Crippen molar-refractivity contribution in [3.05, 3.63) is 70.9 Å². The van der Waals surface area contributed by atoms with Crippen molar-refractivity contribution in [2.75, 3.05) is 12.9 Å². The van der Waals surface area contributed by atoms with Gasteiger partial charge in [0.25, 0.3) is 0 Å². The maximum absolute atomic E-state index is 13.3. The fraction of sp³-hybridized carbons (Fsp3) is 0.273. The molecule has 0 bridgehead atoms. The van der Waals surface area contributed by atoms with Crippen LogP contribution in [0.1, 0.15) is 13.8 Å². The number of rotatable bonds is 7. The van der Waals surface area contributed by atoms with E-state index in [4.69, 9.17) is 4.74 Å². The van der Waals surface area contributed by atoms with Crippen LogP contribution < -0.4 is 10.3 Å². The van der Waals surface area contributed by atoms with Gasteiger partial charge in [-0.05, 0) is 55.8 Å². The highest BCUT2D eigenvalue weighted by Gasteiger charge is 2.26. The second-order valence-corrected chi connectivity index (χ2v) is 9.87. The molecule has 2 aromatic carbocycles. The molecule has 0 aliphatic rings. The zero-order valence-electron chi connectivity index (χ0n) is 17.7. The first-order chi connectivity index (χ1) is 14.9. The molecule has 3 aromatic rings. The molecule has 1 aromatic heterocycles. The average molecular weight is 462 g/mol. The van der Waals surface area contributed by atoms with E-state index in [1.165, 1.54) is 68.6 Å². The SMILES string of the molecule is CC(C)(O)[C@@H](O)COc1c(-c2ccc(S(C)(=O)=O)cc2)cnn(-c2ccc(F)cc2)c1=O. The number of aromatic nitrogens is 2. The van der Waals surface area contributed by atoms with Crippen molar-refractivity contribution in [2.45, 2.75) is 30.4 Å². The van der Waals surface area contributed by atoms with Crippen LogP contribution in [0.5, 0.6) is 5.75 Å². The van der Waals surface area contributed by atoms with Crippen molar-refractivity contribution in [3.63, 3.8) is 0 Å². The molecule has 0 radical (unpaired) electrons. The Labute approximate surface area is 184 Å². The van der Waals surface area contributed by atoms with Gasteiger partial charge >= 0.3 is 5.56 Å². The lowest BCUT2D eigenvalue weighted by atomic mass is 10.0. The number of halogens is 1. The van der Waals surface area contributed by atoms with Crippen LogP contribution in [0.25, 0.3) is 16.8 Å². The molecule has 0 spiro atoms. The van der Waals surface area contributed by atoms with E-state index in [2.05, 4.69) is 5.10 Å². The lowest BCUT2D eigenvalue weighted by Gasteiger charge is -2.24. The zero-order chi connectivity index (χ0) is 23.7. The molecule has 0 aliphatic carbocycles. The molecule has 1 heterocycles. The van der Waals surface area contributed by atoms with Gasteiger partial charge in [0, 0.05) is 11.8 Å². The molecule has 0 amide bonds. The highest BCUT2D eigenvalue weighted by Crippen LogP contribution is 2.28. The minimum atomic E-state index is -3.41. The van der Waals surface area contributed by atoms with Crippen molar-refractivity contribution in [3.8, 4) is 22.6 Å². The summed E-state index contributed by atoms with van der Waals surface area (Å²) in [6.07, 6.45) is 1.14. The summed E-state index contributed by atoms with van der Waals surface area (Å²) in [4.78, 5) is 13.3. The lowest BCUT2D eigenvalue weighted by molar-refractivity contribution is -0.0663. The lowest BCUT2D eigenvalue weighted by Crippen LogP contribution is -2.40. The smallest absolute Gasteiger partial charge is 0.314 e. The van der Waals surface area contributed by atoms with E-state index < -0.39 is 32.9 Å². The van der Waals surface area contributed by atoms with E-state index >= 15 is 0 Å². The van der Waals surface area contributed by atoms with Crippen molar-refractivity contribution in [1.29, 1.82) is 0 Å². The molecular formula is C22H23FN2O6S. The van der Waals surface area contributed by atoms with Crippen LogP contribution >= 0.6 is 0 Å². The molecule has 0 aliphatic heterocycles. The van der Waals surface area contributed by atoms with E-state index in [-0.39, 0.29) is 22.8 Å². The Morgan fingerprint density at radius 3 is 2.25 bits per heavy atom. The molecule has 0 saturated carbocycles. The molecule has 10 heteroatoms. The average Bonchev–Trinajstić information content (AvgIpc) is 2.72. The summed E-state index contributed by atoms with van der Waals surface area (Å²) < 4.78 is 43.4. The summed E-state index contributed by atoms with van der Waals surface area (Å²) in [5.41, 5.74) is -1.13. The maximum Gasteiger partial charge on any atom is 0.314 e. The number of aliphatic hydroxyl groups is 2. The van der Waals surface area contributed by atoms with Gasteiger partial charge in [-0.15, -0.1) is 0 Å². The third-order valence-electron chi connectivity index (χ3n) is 4.80.